The van der Waals surface area contributed by atoms with Crippen molar-refractivity contribution in [1.29, 1.82) is 0 Å². The Hall–Kier alpha value is -1.20. The Kier molecular flexibility index (Phi) is 3.66. The maximum atomic E-state index is 5.85. The van der Waals surface area contributed by atoms with Crippen LogP contribution in [-0.2, 0) is 17.6 Å². The van der Waals surface area contributed by atoms with Crippen LogP contribution in [0.3, 0.4) is 0 Å². The number of fused-ring (bicyclic) bond motifs is 1. The molecule has 0 spiro atoms. The molecule has 2 aliphatic carbocycles. The summed E-state index contributed by atoms with van der Waals surface area (Å²) in [5.41, 5.74) is 5.10. The summed E-state index contributed by atoms with van der Waals surface area (Å²) < 4.78 is 5.85. The second-order valence-electron chi connectivity index (χ2n) is 5.42. The van der Waals surface area contributed by atoms with Crippen LogP contribution in [0.4, 0.5) is 5.82 Å². The third-order valence-corrected chi connectivity index (χ3v) is 3.99. The van der Waals surface area contributed by atoms with Gasteiger partial charge in [0.05, 0.1) is 0 Å². The fraction of sp³-hybridized carbons (Fsp3) is 0.714. The summed E-state index contributed by atoms with van der Waals surface area (Å²) in [5.74, 6) is 7.83. The van der Waals surface area contributed by atoms with Gasteiger partial charge in [-0.1, -0.05) is 0 Å². The number of rotatable bonds is 5. The minimum absolute atomic E-state index is 0.0457. The van der Waals surface area contributed by atoms with Gasteiger partial charge in [0.1, 0.15) is 11.9 Å². The van der Waals surface area contributed by atoms with E-state index in [9.17, 15) is 0 Å². The van der Waals surface area contributed by atoms with Crippen LogP contribution in [0.2, 0.25) is 0 Å². The van der Waals surface area contributed by atoms with Crippen LogP contribution in [-0.4, -0.2) is 16.6 Å². The van der Waals surface area contributed by atoms with Gasteiger partial charge in [-0.05, 0) is 51.4 Å². The van der Waals surface area contributed by atoms with Crippen LogP contribution in [0.5, 0.6) is 0 Å². The largest absolute Gasteiger partial charge is 0.370 e. The van der Waals surface area contributed by atoms with Crippen LogP contribution in [0.1, 0.15) is 55.8 Å². The Morgan fingerprint density at radius 3 is 2.79 bits per heavy atom. The molecule has 1 aromatic heterocycles. The molecule has 1 aromatic rings. The highest BCUT2D eigenvalue weighted by Crippen LogP contribution is 2.43. The monoisotopic (exact) mass is 262 g/mol. The Labute approximate surface area is 113 Å². The molecule has 1 saturated carbocycles. The summed E-state index contributed by atoms with van der Waals surface area (Å²) in [5, 5.41) is 0. The molecule has 104 valence electrons. The molecule has 0 bridgehead atoms. The van der Waals surface area contributed by atoms with Crippen LogP contribution in [0.15, 0.2) is 0 Å². The van der Waals surface area contributed by atoms with E-state index in [2.05, 4.69) is 10.4 Å². The lowest BCUT2D eigenvalue weighted by atomic mass is 9.96. The molecule has 0 aromatic carbocycles. The summed E-state index contributed by atoms with van der Waals surface area (Å²) in [6.07, 6.45) is 6.94. The standard InChI is InChI=1S/C14H22N4O/c1-2-19-12(9-7-8-9)14-16-11-6-4-3-5-10(11)13(17-14)18-15/h9,12H,2-8,15H2,1H3,(H,16,17,18). The van der Waals surface area contributed by atoms with Gasteiger partial charge in [-0.25, -0.2) is 15.8 Å². The number of nitrogens with zero attached hydrogens (tertiary/aromatic N) is 2. The smallest absolute Gasteiger partial charge is 0.160 e. The minimum Gasteiger partial charge on any atom is -0.370 e. The summed E-state index contributed by atoms with van der Waals surface area (Å²) in [4.78, 5) is 9.38. The van der Waals surface area contributed by atoms with E-state index in [1.807, 2.05) is 6.92 Å². The third-order valence-electron chi connectivity index (χ3n) is 3.99. The molecule has 5 nitrogen and oxygen atoms in total. The van der Waals surface area contributed by atoms with Gasteiger partial charge in [-0.3, -0.25) is 0 Å². The second-order valence-corrected chi connectivity index (χ2v) is 5.42. The topological polar surface area (TPSA) is 73.1 Å². The van der Waals surface area contributed by atoms with Crippen molar-refractivity contribution in [3.05, 3.63) is 17.1 Å². The number of anilines is 1. The van der Waals surface area contributed by atoms with Gasteiger partial charge in [-0.2, -0.15) is 0 Å². The third kappa shape index (κ3) is 2.58. The number of hydrazine groups is 1. The summed E-state index contributed by atoms with van der Waals surface area (Å²) >= 11 is 0. The molecule has 3 rings (SSSR count). The maximum Gasteiger partial charge on any atom is 0.160 e. The molecular weight excluding hydrogens is 240 g/mol. The van der Waals surface area contributed by atoms with E-state index in [4.69, 9.17) is 15.6 Å². The van der Waals surface area contributed by atoms with Gasteiger partial charge in [0.2, 0.25) is 0 Å². The summed E-state index contributed by atoms with van der Waals surface area (Å²) in [7, 11) is 0. The Morgan fingerprint density at radius 2 is 2.11 bits per heavy atom. The average molecular weight is 262 g/mol. The molecule has 19 heavy (non-hydrogen) atoms. The van der Waals surface area contributed by atoms with Crippen LogP contribution < -0.4 is 11.3 Å². The zero-order valence-corrected chi connectivity index (χ0v) is 11.5. The van der Waals surface area contributed by atoms with Crippen LogP contribution in [0, 0.1) is 5.92 Å². The molecular formula is C14H22N4O. The van der Waals surface area contributed by atoms with Crippen molar-refractivity contribution in [2.24, 2.45) is 11.8 Å². The zero-order chi connectivity index (χ0) is 13.2. The first-order chi connectivity index (χ1) is 9.33. The van der Waals surface area contributed by atoms with Crippen LogP contribution >= 0.6 is 0 Å². The zero-order valence-electron chi connectivity index (χ0n) is 11.5. The Balaban J connectivity index is 1.96. The summed E-state index contributed by atoms with van der Waals surface area (Å²) in [6, 6.07) is 0. The molecule has 0 saturated heterocycles. The number of nitrogens with two attached hydrogens (primary N) is 1. The number of aromatic nitrogens is 2. The predicted octanol–water partition coefficient (Wildman–Crippen LogP) is 2.13. The highest BCUT2D eigenvalue weighted by atomic mass is 16.5. The van der Waals surface area contributed by atoms with E-state index in [0.29, 0.717) is 12.5 Å². The average Bonchev–Trinajstić information content (AvgIpc) is 3.28. The van der Waals surface area contributed by atoms with E-state index < -0.39 is 0 Å². The van der Waals surface area contributed by atoms with E-state index in [1.165, 1.54) is 31.2 Å². The van der Waals surface area contributed by atoms with E-state index in [1.54, 1.807) is 0 Å². The SMILES string of the molecule is CCOC(c1nc2c(c(NN)n1)CCCC2)C1CC1. The molecule has 5 heteroatoms. The van der Waals surface area contributed by atoms with Gasteiger partial charge in [0, 0.05) is 17.9 Å². The highest BCUT2D eigenvalue weighted by Gasteiger charge is 2.35. The second kappa shape index (κ2) is 5.43. The first kappa shape index (κ1) is 12.8. The lowest BCUT2D eigenvalue weighted by Gasteiger charge is -2.22. The van der Waals surface area contributed by atoms with Crippen molar-refractivity contribution in [2.75, 3.05) is 12.0 Å². The van der Waals surface area contributed by atoms with Gasteiger partial charge in [-0.15, -0.1) is 0 Å². The predicted molar refractivity (Wildman–Crippen MR) is 73.6 cm³/mol. The lowest BCUT2D eigenvalue weighted by Crippen LogP contribution is -2.20. The molecule has 1 fully saturated rings. The van der Waals surface area contributed by atoms with Crippen molar-refractivity contribution in [2.45, 2.75) is 51.6 Å². The molecule has 1 atom stereocenters. The fourth-order valence-electron chi connectivity index (χ4n) is 2.86. The number of aryl methyl sites for hydroxylation is 1. The van der Waals surface area contributed by atoms with Gasteiger partial charge in [0.15, 0.2) is 5.82 Å². The molecule has 1 heterocycles. The fourth-order valence-corrected chi connectivity index (χ4v) is 2.86. The number of nitrogens with one attached hydrogen (secondary N) is 1. The normalized spacial score (nSPS) is 19.9. The Morgan fingerprint density at radius 1 is 1.32 bits per heavy atom. The number of ether oxygens (including phenoxy) is 1. The molecule has 1 unspecified atom stereocenters. The van der Waals surface area contributed by atoms with E-state index >= 15 is 0 Å². The van der Waals surface area contributed by atoms with Crippen LogP contribution in [0.25, 0.3) is 0 Å². The minimum atomic E-state index is 0.0457. The summed E-state index contributed by atoms with van der Waals surface area (Å²) in [6.45, 7) is 2.73. The van der Waals surface area contributed by atoms with Gasteiger partial charge >= 0.3 is 0 Å². The van der Waals surface area contributed by atoms with Gasteiger partial charge < -0.3 is 10.2 Å². The van der Waals surface area contributed by atoms with Crippen molar-refractivity contribution in [3.63, 3.8) is 0 Å². The number of nitrogen functional groups attached to an aromatic ring is 1. The first-order valence-electron chi connectivity index (χ1n) is 7.31. The highest BCUT2D eigenvalue weighted by molar-refractivity contribution is 5.47. The molecule has 0 aliphatic heterocycles. The van der Waals surface area contributed by atoms with Gasteiger partial charge in [0.25, 0.3) is 0 Å². The number of hydrogen-bond acceptors (Lipinski definition) is 5. The van der Waals surface area contributed by atoms with E-state index in [-0.39, 0.29) is 6.10 Å². The Bertz CT molecular complexity index is 442. The van der Waals surface area contributed by atoms with Crippen molar-refractivity contribution in [3.8, 4) is 0 Å². The maximum absolute atomic E-state index is 5.85. The molecule has 0 radical (unpaired) electrons. The first-order valence-corrected chi connectivity index (χ1v) is 7.31. The number of hydrogen-bond donors (Lipinski definition) is 2. The quantitative estimate of drug-likeness (QED) is 0.628. The van der Waals surface area contributed by atoms with Crippen molar-refractivity contribution >= 4 is 5.82 Å². The van der Waals surface area contributed by atoms with Crippen molar-refractivity contribution in [1.82, 2.24) is 9.97 Å². The molecule has 2 aliphatic rings. The van der Waals surface area contributed by atoms with E-state index in [0.717, 1.165) is 30.2 Å². The lowest BCUT2D eigenvalue weighted by molar-refractivity contribution is 0.0399. The molecule has 0 amide bonds. The van der Waals surface area contributed by atoms with Crippen molar-refractivity contribution < 1.29 is 4.74 Å². The molecule has 3 N–H and O–H groups in total.